The van der Waals surface area contributed by atoms with E-state index in [9.17, 15) is 5.11 Å². The van der Waals surface area contributed by atoms with Gasteiger partial charge in [-0.3, -0.25) is 0 Å². The Labute approximate surface area is 117 Å². The molecule has 2 fully saturated rings. The zero-order valence-corrected chi connectivity index (χ0v) is 11.8. The first kappa shape index (κ1) is 13.4. The van der Waals surface area contributed by atoms with Crippen LogP contribution in [0.3, 0.4) is 0 Å². The summed E-state index contributed by atoms with van der Waals surface area (Å²) in [5.74, 6) is -0.609. The quantitative estimate of drug-likeness (QED) is 0.919. The summed E-state index contributed by atoms with van der Waals surface area (Å²) >= 11 is 1.61. The van der Waals surface area contributed by atoms with Crippen LogP contribution in [-0.4, -0.2) is 41.2 Å². The summed E-state index contributed by atoms with van der Waals surface area (Å²) in [5.41, 5.74) is -0.147. The average Bonchev–Trinajstić information content (AvgIpc) is 2.85. The van der Waals surface area contributed by atoms with Gasteiger partial charge < -0.3 is 19.3 Å². The van der Waals surface area contributed by atoms with Crippen molar-refractivity contribution in [1.82, 2.24) is 0 Å². The lowest BCUT2D eigenvalue weighted by Gasteiger charge is -2.23. The number of hydrogen-bond donors (Lipinski definition) is 1. The monoisotopic (exact) mass is 282 g/mol. The molecule has 0 aliphatic carbocycles. The molecule has 0 amide bonds. The molecule has 5 heteroatoms. The van der Waals surface area contributed by atoms with E-state index in [0.717, 1.165) is 4.90 Å². The maximum absolute atomic E-state index is 9.40. The van der Waals surface area contributed by atoms with Crippen LogP contribution < -0.4 is 0 Å². The number of aliphatic hydroxyl groups is 1. The van der Waals surface area contributed by atoms with E-state index >= 15 is 0 Å². The molecule has 1 aromatic carbocycles. The Morgan fingerprint density at radius 3 is 2.53 bits per heavy atom. The van der Waals surface area contributed by atoms with Crippen molar-refractivity contribution in [2.24, 2.45) is 0 Å². The second-order valence-electron chi connectivity index (χ2n) is 5.22. The van der Waals surface area contributed by atoms with Crippen LogP contribution in [-0.2, 0) is 14.2 Å². The highest BCUT2D eigenvalue weighted by Gasteiger charge is 2.55. The summed E-state index contributed by atoms with van der Waals surface area (Å²) in [4.78, 5) is 1.12. The Kier molecular flexibility index (Phi) is 3.57. The number of aliphatic hydroxyl groups excluding tert-OH is 1. The van der Waals surface area contributed by atoms with Gasteiger partial charge in [-0.25, -0.2) is 0 Å². The molecule has 0 aromatic heterocycles. The predicted molar refractivity (Wildman–Crippen MR) is 71.9 cm³/mol. The molecule has 0 bridgehead atoms. The number of thioether (sulfide) groups is 1. The van der Waals surface area contributed by atoms with E-state index in [4.69, 9.17) is 14.2 Å². The molecule has 0 saturated carbocycles. The van der Waals surface area contributed by atoms with Crippen LogP contribution in [0.1, 0.15) is 13.8 Å². The summed E-state index contributed by atoms with van der Waals surface area (Å²) in [6, 6.07) is 10.0. The van der Waals surface area contributed by atoms with Crippen LogP contribution in [0.4, 0.5) is 0 Å². The number of ether oxygens (including phenoxy) is 3. The topological polar surface area (TPSA) is 47.9 Å². The molecule has 2 heterocycles. The zero-order valence-electron chi connectivity index (χ0n) is 11.0. The van der Waals surface area contributed by atoms with E-state index in [2.05, 4.69) is 0 Å². The van der Waals surface area contributed by atoms with Crippen molar-refractivity contribution in [2.45, 2.75) is 48.3 Å². The fraction of sp³-hybridized carbons (Fsp3) is 0.571. The highest BCUT2D eigenvalue weighted by Crippen LogP contribution is 2.43. The van der Waals surface area contributed by atoms with Crippen LogP contribution in [0, 0.1) is 0 Å². The summed E-state index contributed by atoms with van der Waals surface area (Å²) in [7, 11) is 0. The lowest BCUT2D eigenvalue weighted by Crippen LogP contribution is -2.31. The Morgan fingerprint density at radius 1 is 1.16 bits per heavy atom. The van der Waals surface area contributed by atoms with Gasteiger partial charge in [-0.2, -0.15) is 0 Å². The van der Waals surface area contributed by atoms with Gasteiger partial charge in [0.15, 0.2) is 5.79 Å². The minimum absolute atomic E-state index is 0.0492. The van der Waals surface area contributed by atoms with Gasteiger partial charge in [0.1, 0.15) is 23.7 Å². The Hall–Kier alpha value is -0.590. The summed E-state index contributed by atoms with van der Waals surface area (Å²) in [6.07, 6.45) is -0.647. The van der Waals surface area contributed by atoms with E-state index < -0.39 is 5.79 Å². The van der Waals surface area contributed by atoms with Crippen molar-refractivity contribution >= 4 is 11.8 Å². The van der Waals surface area contributed by atoms with Gasteiger partial charge in [0.05, 0.1) is 6.61 Å². The Bertz CT molecular complexity index is 436. The van der Waals surface area contributed by atoms with Crippen molar-refractivity contribution in [3.8, 4) is 0 Å². The SMILES string of the molecule is CC1(C)O[C@@H]2[C@H](O1)[C@@H](CO)O[C@H]2Sc1ccccc1. The smallest absolute Gasteiger partial charge is 0.164 e. The molecule has 1 aromatic rings. The molecule has 3 rings (SSSR count). The van der Waals surface area contributed by atoms with Crippen molar-refractivity contribution in [2.75, 3.05) is 6.61 Å². The summed E-state index contributed by atoms with van der Waals surface area (Å²) in [5, 5.41) is 9.40. The third-order valence-corrected chi connectivity index (χ3v) is 4.44. The molecule has 4 atom stereocenters. The van der Waals surface area contributed by atoms with E-state index in [1.165, 1.54) is 0 Å². The van der Waals surface area contributed by atoms with Crippen LogP contribution in [0.25, 0.3) is 0 Å². The first-order valence-electron chi connectivity index (χ1n) is 6.43. The molecular weight excluding hydrogens is 264 g/mol. The number of benzene rings is 1. The van der Waals surface area contributed by atoms with Crippen molar-refractivity contribution < 1.29 is 19.3 Å². The molecule has 2 aliphatic heterocycles. The molecule has 0 radical (unpaired) electrons. The van der Waals surface area contributed by atoms with Crippen LogP contribution >= 0.6 is 11.8 Å². The molecule has 104 valence electrons. The molecular formula is C14H18O4S. The lowest BCUT2D eigenvalue weighted by atomic mass is 10.2. The highest BCUT2D eigenvalue weighted by molar-refractivity contribution is 7.99. The molecule has 1 N–H and O–H groups in total. The van der Waals surface area contributed by atoms with Gasteiger partial charge in [-0.05, 0) is 26.0 Å². The van der Waals surface area contributed by atoms with E-state index in [1.807, 2.05) is 44.2 Å². The largest absolute Gasteiger partial charge is 0.394 e. The van der Waals surface area contributed by atoms with Crippen molar-refractivity contribution in [3.63, 3.8) is 0 Å². The van der Waals surface area contributed by atoms with Crippen LogP contribution in [0.15, 0.2) is 35.2 Å². The Morgan fingerprint density at radius 2 is 1.84 bits per heavy atom. The van der Waals surface area contributed by atoms with E-state index in [1.54, 1.807) is 11.8 Å². The minimum Gasteiger partial charge on any atom is -0.394 e. The minimum atomic E-state index is -0.609. The Balaban J connectivity index is 1.76. The van der Waals surface area contributed by atoms with Gasteiger partial charge in [-0.15, -0.1) is 0 Å². The van der Waals surface area contributed by atoms with Gasteiger partial charge in [0, 0.05) is 4.90 Å². The normalized spacial score (nSPS) is 36.4. The zero-order chi connectivity index (χ0) is 13.5. The van der Waals surface area contributed by atoms with Crippen LogP contribution in [0.5, 0.6) is 0 Å². The second kappa shape index (κ2) is 5.07. The first-order chi connectivity index (χ1) is 9.09. The predicted octanol–water partition coefficient (Wildman–Crippen LogP) is 2.02. The molecule has 2 saturated heterocycles. The lowest BCUT2D eigenvalue weighted by molar-refractivity contribution is -0.181. The van der Waals surface area contributed by atoms with Gasteiger partial charge >= 0.3 is 0 Å². The van der Waals surface area contributed by atoms with E-state index in [0.29, 0.717) is 0 Å². The molecule has 4 nitrogen and oxygen atoms in total. The second-order valence-corrected chi connectivity index (χ2v) is 6.39. The number of fused-ring (bicyclic) bond motifs is 1. The number of hydrogen-bond acceptors (Lipinski definition) is 5. The molecule has 2 aliphatic rings. The maximum atomic E-state index is 9.40. The average molecular weight is 282 g/mol. The summed E-state index contributed by atoms with van der Waals surface area (Å²) < 4.78 is 17.6. The van der Waals surface area contributed by atoms with Gasteiger partial charge in [-0.1, -0.05) is 30.0 Å². The van der Waals surface area contributed by atoms with Gasteiger partial charge in [0.2, 0.25) is 0 Å². The number of rotatable bonds is 3. The van der Waals surface area contributed by atoms with Crippen molar-refractivity contribution in [3.05, 3.63) is 30.3 Å². The van der Waals surface area contributed by atoms with E-state index in [-0.39, 0.29) is 30.4 Å². The first-order valence-corrected chi connectivity index (χ1v) is 7.31. The molecule has 0 unspecified atom stereocenters. The highest BCUT2D eigenvalue weighted by atomic mass is 32.2. The fourth-order valence-corrected chi connectivity index (χ4v) is 3.64. The standard InChI is InChI=1S/C14H18O4S/c1-14(2)17-11-10(8-15)16-13(12(11)18-14)19-9-6-4-3-5-7-9/h3-7,10-13,15H,8H2,1-2H3/t10-,11-,12-,13+/m1/s1. The fourth-order valence-electron chi connectivity index (χ4n) is 2.52. The third-order valence-electron chi connectivity index (χ3n) is 3.28. The van der Waals surface area contributed by atoms with Crippen molar-refractivity contribution in [1.29, 1.82) is 0 Å². The third kappa shape index (κ3) is 2.66. The maximum Gasteiger partial charge on any atom is 0.164 e. The molecule has 19 heavy (non-hydrogen) atoms. The van der Waals surface area contributed by atoms with Gasteiger partial charge in [0.25, 0.3) is 0 Å². The van der Waals surface area contributed by atoms with Crippen LogP contribution in [0.2, 0.25) is 0 Å². The summed E-state index contributed by atoms with van der Waals surface area (Å²) in [6.45, 7) is 3.74. The molecule has 0 spiro atoms.